The third-order valence-corrected chi connectivity index (χ3v) is 3.19. The van der Waals surface area contributed by atoms with Crippen LogP contribution >= 0.6 is 15.9 Å². The minimum Gasteiger partial charge on any atom is -0.300 e. The lowest BCUT2D eigenvalue weighted by atomic mass is 10.0. The van der Waals surface area contributed by atoms with E-state index in [1.807, 2.05) is 0 Å². The van der Waals surface area contributed by atoms with Crippen molar-refractivity contribution in [2.45, 2.75) is 38.6 Å². The van der Waals surface area contributed by atoms with E-state index in [0.717, 1.165) is 11.4 Å². The second-order valence-corrected chi connectivity index (χ2v) is 3.99. The SMILES string of the molecule is CCCN1CCCCC1CBr. The van der Waals surface area contributed by atoms with Gasteiger partial charge in [-0.05, 0) is 32.4 Å². The molecule has 1 aliphatic rings. The van der Waals surface area contributed by atoms with Crippen molar-refractivity contribution < 1.29 is 0 Å². The molecule has 0 N–H and O–H groups in total. The minimum absolute atomic E-state index is 0.823. The van der Waals surface area contributed by atoms with E-state index in [4.69, 9.17) is 0 Å². The molecule has 0 radical (unpaired) electrons. The molecule has 1 saturated heterocycles. The molecule has 2 heteroatoms. The number of piperidine rings is 1. The smallest absolute Gasteiger partial charge is 0.0192 e. The summed E-state index contributed by atoms with van der Waals surface area (Å²) >= 11 is 3.58. The fraction of sp³-hybridized carbons (Fsp3) is 1.00. The highest BCUT2D eigenvalue weighted by Crippen LogP contribution is 2.18. The van der Waals surface area contributed by atoms with Crippen LogP contribution in [-0.2, 0) is 0 Å². The first-order chi connectivity index (χ1) is 5.38. The van der Waals surface area contributed by atoms with Crippen LogP contribution in [0.25, 0.3) is 0 Å². The van der Waals surface area contributed by atoms with Gasteiger partial charge in [0.25, 0.3) is 0 Å². The van der Waals surface area contributed by atoms with Crippen molar-refractivity contribution >= 4 is 15.9 Å². The monoisotopic (exact) mass is 219 g/mol. The van der Waals surface area contributed by atoms with Crippen LogP contribution in [0.3, 0.4) is 0 Å². The maximum Gasteiger partial charge on any atom is 0.0192 e. The van der Waals surface area contributed by atoms with E-state index in [0.29, 0.717) is 0 Å². The molecule has 1 rings (SSSR count). The molecule has 1 fully saturated rings. The van der Waals surface area contributed by atoms with Gasteiger partial charge in [0.05, 0.1) is 0 Å². The Kier molecular flexibility index (Phi) is 4.46. The minimum atomic E-state index is 0.823. The predicted octanol–water partition coefficient (Wildman–Crippen LogP) is 2.65. The van der Waals surface area contributed by atoms with Crippen LogP contribution in [0.4, 0.5) is 0 Å². The van der Waals surface area contributed by atoms with Crippen LogP contribution in [-0.4, -0.2) is 29.4 Å². The maximum absolute atomic E-state index is 3.58. The molecule has 1 aliphatic heterocycles. The van der Waals surface area contributed by atoms with Crippen molar-refractivity contribution in [1.29, 1.82) is 0 Å². The fourth-order valence-corrected chi connectivity index (χ4v) is 2.55. The second kappa shape index (κ2) is 5.15. The van der Waals surface area contributed by atoms with Crippen molar-refractivity contribution in [3.63, 3.8) is 0 Å². The van der Waals surface area contributed by atoms with Gasteiger partial charge in [-0.15, -0.1) is 0 Å². The summed E-state index contributed by atoms with van der Waals surface area (Å²) in [6, 6.07) is 0.823. The molecule has 0 aliphatic carbocycles. The van der Waals surface area contributed by atoms with Gasteiger partial charge in [-0.25, -0.2) is 0 Å². The zero-order valence-corrected chi connectivity index (χ0v) is 8.94. The first-order valence-corrected chi connectivity index (χ1v) is 5.80. The van der Waals surface area contributed by atoms with Gasteiger partial charge in [0.2, 0.25) is 0 Å². The molecule has 0 amide bonds. The number of nitrogens with zero attached hydrogens (tertiary/aromatic N) is 1. The van der Waals surface area contributed by atoms with Crippen LogP contribution in [0.5, 0.6) is 0 Å². The number of rotatable bonds is 3. The van der Waals surface area contributed by atoms with Gasteiger partial charge in [0, 0.05) is 11.4 Å². The van der Waals surface area contributed by atoms with Crippen molar-refractivity contribution in [3.05, 3.63) is 0 Å². The summed E-state index contributed by atoms with van der Waals surface area (Å²) in [5.74, 6) is 0. The molecule has 0 saturated carbocycles. The van der Waals surface area contributed by atoms with E-state index in [1.165, 1.54) is 38.8 Å². The molecule has 11 heavy (non-hydrogen) atoms. The molecule has 0 bridgehead atoms. The molecule has 0 aromatic heterocycles. The lowest BCUT2D eigenvalue weighted by molar-refractivity contribution is 0.165. The molecule has 1 heterocycles. The number of hydrogen-bond acceptors (Lipinski definition) is 1. The standard InChI is InChI=1S/C9H18BrN/c1-2-6-11-7-4-3-5-9(11)8-10/h9H,2-8H2,1H3. The molecule has 1 nitrogen and oxygen atoms in total. The highest BCUT2D eigenvalue weighted by atomic mass is 79.9. The van der Waals surface area contributed by atoms with Gasteiger partial charge >= 0.3 is 0 Å². The van der Waals surface area contributed by atoms with E-state index in [9.17, 15) is 0 Å². The Bertz CT molecular complexity index is 104. The second-order valence-electron chi connectivity index (χ2n) is 3.34. The van der Waals surface area contributed by atoms with Crippen molar-refractivity contribution in [1.82, 2.24) is 4.90 Å². The molecular weight excluding hydrogens is 202 g/mol. The third-order valence-electron chi connectivity index (χ3n) is 2.44. The lowest BCUT2D eigenvalue weighted by Crippen LogP contribution is -2.40. The summed E-state index contributed by atoms with van der Waals surface area (Å²) in [6.07, 6.45) is 5.52. The molecule has 1 unspecified atom stereocenters. The van der Waals surface area contributed by atoms with E-state index in [-0.39, 0.29) is 0 Å². The van der Waals surface area contributed by atoms with Crippen LogP contribution in [0.2, 0.25) is 0 Å². The van der Waals surface area contributed by atoms with Gasteiger partial charge in [0.1, 0.15) is 0 Å². The predicted molar refractivity (Wildman–Crippen MR) is 53.3 cm³/mol. The lowest BCUT2D eigenvalue weighted by Gasteiger charge is -2.34. The fourth-order valence-electron chi connectivity index (χ4n) is 1.82. The molecule has 66 valence electrons. The number of hydrogen-bond donors (Lipinski definition) is 0. The highest BCUT2D eigenvalue weighted by Gasteiger charge is 2.19. The van der Waals surface area contributed by atoms with E-state index >= 15 is 0 Å². The Balaban J connectivity index is 2.31. The largest absolute Gasteiger partial charge is 0.300 e. The topological polar surface area (TPSA) is 3.24 Å². The van der Waals surface area contributed by atoms with Crippen molar-refractivity contribution in [2.75, 3.05) is 18.4 Å². The van der Waals surface area contributed by atoms with Gasteiger partial charge in [0.15, 0.2) is 0 Å². The summed E-state index contributed by atoms with van der Waals surface area (Å²) in [5.41, 5.74) is 0. The Hall–Kier alpha value is 0.440. The highest BCUT2D eigenvalue weighted by molar-refractivity contribution is 9.09. The average molecular weight is 220 g/mol. The Labute approximate surface area is 78.3 Å². The number of halogens is 1. The number of alkyl halides is 1. The Morgan fingerprint density at radius 1 is 1.45 bits per heavy atom. The van der Waals surface area contributed by atoms with Crippen molar-refractivity contribution in [2.24, 2.45) is 0 Å². The zero-order valence-electron chi connectivity index (χ0n) is 7.35. The first kappa shape index (κ1) is 9.53. The molecule has 0 aromatic carbocycles. The molecule has 0 aromatic rings. The normalized spacial score (nSPS) is 27.3. The number of likely N-dealkylation sites (tertiary alicyclic amines) is 1. The van der Waals surface area contributed by atoms with E-state index in [2.05, 4.69) is 27.8 Å². The third kappa shape index (κ3) is 2.75. The maximum atomic E-state index is 3.58. The first-order valence-electron chi connectivity index (χ1n) is 4.68. The van der Waals surface area contributed by atoms with Crippen LogP contribution < -0.4 is 0 Å². The summed E-state index contributed by atoms with van der Waals surface area (Å²) in [4.78, 5) is 2.62. The summed E-state index contributed by atoms with van der Waals surface area (Å²) < 4.78 is 0. The van der Waals surface area contributed by atoms with Gasteiger partial charge < -0.3 is 0 Å². The van der Waals surface area contributed by atoms with E-state index in [1.54, 1.807) is 0 Å². The Morgan fingerprint density at radius 3 is 2.91 bits per heavy atom. The van der Waals surface area contributed by atoms with E-state index < -0.39 is 0 Å². The summed E-state index contributed by atoms with van der Waals surface area (Å²) in [5, 5.41) is 1.16. The summed E-state index contributed by atoms with van der Waals surface area (Å²) in [6.45, 7) is 4.88. The van der Waals surface area contributed by atoms with Crippen LogP contribution in [0, 0.1) is 0 Å². The van der Waals surface area contributed by atoms with Crippen LogP contribution in [0.1, 0.15) is 32.6 Å². The average Bonchev–Trinajstić information content (AvgIpc) is 2.06. The van der Waals surface area contributed by atoms with Gasteiger partial charge in [-0.3, -0.25) is 4.90 Å². The van der Waals surface area contributed by atoms with Crippen molar-refractivity contribution in [3.8, 4) is 0 Å². The van der Waals surface area contributed by atoms with Crippen LogP contribution in [0.15, 0.2) is 0 Å². The van der Waals surface area contributed by atoms with Gasteiger partial charge in [-0.1, -0.05) is 29.3 Å². The molecule has 0 spiro atoms. The van der Waals surface area contributed by atoms with Gasteiger partial charge in [-0.2, -0.15) is 0 Å². The summed E-state index contributed by atoms with van der Waals surface area (Å²) in [7, 11) is 0. The molecule has 1 atom stereocenters. The zero-order chi connectivity index (χ0) is 8.10. The Morgan fingerprint density at radius 2 is 2.27 bits per heavy atom. The molecular formula is C9H18BrN. The quantitative estimate of drug-likeness (QED) is 0.661.